The summed E-state index contributed by atoms with van der Waals surface area (Å²) >= 11 is 0. The van der Waals surface area contributed by atoms with Gasteiger partial charge in [-0.05, 0) is 49.6 Å². The van der Waals surface area contributed by atoms with Gasteiger partial charge in [0.1, 0.15) is 0 Å². The second-order valence-corrected chi connectivity index (χ2v) is 8.05. The van der Waals surface area contributed by atoms with E-state index in [1.54, 1.807) is 6.07 Å². The van der Waals surface area contributed by atoms with E-state index in [4.69, 9.17) is 0 Å². The molecular weight excluding hydrogens is 362 g/mol. The highest BCUT2D eigenvalue weighted by Gasteiger charge is 2.23. The molecule has 0 aliphatic carbocycles. The molecule has 29 heavy (non-hydrogen) atoms. The molecule has 1 aliphatic heterocycles. The van der Waals surface area contributed by atoms with E-state index in [9.17, 15) is 9.59 Å². The number of H-pyrrole nitrogens is 1. The van der Waals surface area contributed by atoms with E-state index >= 15 is 0 Å². The summed E-state index contributed by atoms with van der Waals surface area (Å²) in [6, 6.07) is 13.5. The zero-order valence-electron chi connectivity index (χ0n) is 17.3. The van der Waals surface area contributed by atoms with E-state index in [0.717, 1.165) is 51.9 Å². The Morgan fingerprint density at radius 2 is 1.69 bits per heavy atom. The van der Waals surface area contributed by atoms with Crippen molar-refractivity contribution in [3.05, 3.63) is 80.6 Å². The topological polar surface area (TPSA) is 56.4 Å². The number of pyridine rings is 1. The Labute approximate surface area is 171 Å². The molecule has 1 aromatic heterocycles. The smallest absolute Gasteiger partial charge is 0.254 e. The van der Waals surface area contributed by atoms with Gasteiger partial charge in [-0.2, -0.15) is 0 Å². The van der Waals surface area contributed by atoms with Crippen LogP contribution < -0.4 is 5.43 Å². The molecule has 0 saturated carbocycles. The first-order valence-corrected chi connectivity index (χ1v) is 10.1. The van der Waals surface area contributed by atoms with Gasteiger partial charge in [-0.15, -0.1) is 0 Å². The molecule has 1 amide bonds. The van der Waals surface area contributed by atoms with Gasteiger partial charge in [-0.3, -0.25) is 14.5 Å². The Hall–Kier alpha value is -2.92. The fourth-order valence-electron chi connectivity index (χ4n) is 4.25. The fraction of sp³-hybridized carbons (Fsp3) is 0.333. The van der Waals surface area contributed by atoms with Crippen LogP contribution in [0.15, 0.2) is 47.3 Å². The third kappa shape index (κ3) is 3.96. The summed E-state index contributed by atoms with van der Waals surface area (Å²) in [7, 11) is 0. The zero-order chi connectivity index (χ0) is 20.5. The molecule has 0 atom stereocenters. The second kappa shape index (κ2) is 7.84. The Kier molecular flexibility index (Phi) is 5.24. The number of amides is 1. The van der Waals surface area contributed by atoms with Crippen LogP contribution in [0.1, 0.15) is 32.7 Å². The van der Waals surface area contributed by atoms with Crippen LogP contribution in [0, 0.1) is 20.8 Å². The van der Waals surface area contributed by atoms with Gasteiger partial charge in [0, 0.05) is 55.4 Å². The minimum Gasteiger partial charge on any atom is -0.357 e. The number of aromatic nitrogens is 1. The molecule has 0 spiro atoms. The fourth-order valence-corrected chi connectivity index (χ4v) is 4.25. The first-order chi connectivity index (χ1) is 13.9. The van der Waals surface area contributed by atoms with Gasteiger partial charge in [-0.25, -0.2) is 0 Å². The lowest BCUT2D eigenvalue weighted by atomic mass is 10.1. The van der Waals surface area contributed by atoms with Crippen molar-refractivity contribution in [2.24, 2.45) is 0 Å². The molecule has 150 valence electrons. The molecular formula is C24H27N3O2. The predicted molar refractivity (Wildman–Crippen MR) is 116 cm³/mol. The number of nitrogens with one attached hydrogen (secondary N) is 1. The van der Waals surface area contributed by atoms with E-state index in [2.05, 4.69) is 9.88 Å². The van der Waals surface area contributed by atoms with Gasteiger partial charge in [0.05, 0.1) is 5.52 Å². The number of carbonyl (C=O) groups is 1. The Morgan fingerprint density at radius 1 is 0.966 bits per heavy atom. The molecule has 1 saturated heterocycles. The van der Waals surface area contributed by atoms with E-state index in [1.807, 2.05) is 62.1 Å². The highest BCUT2D eigenvalue weighted by Crippen LogP contribution is 2.18. The molecule has 1 aliphatic rings. The predicted octanol–water partition coefficient (Wildman–Crippen LogP) is 3.41. The summed E-state index contributed by atoms with van der Waals surface area (Å²) < 4.78 is 0. The Morgan fingerprint density at radius 3 is 2.41 bits per heavy atom. The van der Waals surface area contributed by atoms with Crippen molar-refractivity contribution in [1.29, 1.82) is 0 Å². The van der Waals surface area contributed by atoms with Gasteiger partial charge in [-0.1, -0.05) is 24.3 Å². The van der Waals surface area contributed by atoms with Crippen LogP contribution in [0.4, 0.5) is 0 Å². The zero-order valence-corrected chi connectivity index (χ0v) is 17.3. The monoisotopic (exact) mass is 389 g/mol. The lowest BCUT2D eigenvalue weighted by molar-refractivity contribution is 0.0626. The summed E-state index contributed by atoms with van der Waals surface area (Å²) in [6.07, 6.45) is 0. The van der Waals surface area contributed by atoms with Crippen LogP contribution in [0.25, 0.3) is 10.9 Å². The van der Waals surface area contributed by atoms with E-state index < -0.39 is 0 Å². The highest BCUT2D eigenvalue weighted by atomic mass is 16.2. The number of rotatable bonds is 3. The number of carbonyl (C=O) groups excluding carboxylic acids is 1. The maximum Gasteiger partial charge on any atom is 0.254 e. The van der Waals surface area contributed by atoms with Gasteiger partial charge in [0.25, 0.3) is 5.91 Å². The van der Waals surface area contributed by atoms with Crippen LogP contribution in [-0.4, -0.2) is 46.9 Å². The Bertz CT molecular complexity index is 1120. The van der Waals surface area contributed by atoms with Crippen LogP contribution >= 0.6 is 0 Å². The molecule has 5 nitrogen and oxygen atoms in total. The van der Waals surface area contributed by atoms with Crippen molar-refractivity contribution in [3.8, 4) is 0 Å². The van der Waals surface area contributed by atoms with Crippen LogP contribution in [0.3, 0.4) is 0 Å². The standard InChI is InChI=1S/C24H27N3O2/c1-16-12-18(3)23-21(13-16)25-19(14-22(23)28)15-26-8-10-27(11-9-26)24(29)20-7-5-4-6-17(20)2/h4-7,12-14H,8-11,15H2,1-3H3,(H,25,28). The largest absolute Gasteiger partial charge is 0.357 e. The second-order valence-electron chi connectivity index (χ2n) is 8.05. The SMILES string of the molecule is Cc1cc(C)c2c(=O)cc(CN3CCN(C(=O)c4ccccc4C)CC3)[nH]c2c1. The number of hydrogen-bond acceptors (Lipinski definition) is 3. The highest BCUT2D eigenvalue weighted by molar-refractivity contribution is 5.95. The first-order valence-electron chi connectivity index (χ1n) is 10.1. The molecule has 1 N–H and O–H groups in total. The molecule has 2 heterocycles. The molecule has 0 radical (unpaired) electrons. The number of benzene rings is 2. The van der Waals surface area contributed by atoms with E-state index in [-0.39, 0.29) is 11.3 Å². The summed E-state index contributed by atoms with van der Waals surface area (Å²) in [5.74, 6) is 0.104. The van der Waals surface area contributed by atoms with E-state index in [1.165, 1.54) is 0 Å². The van der Waals surface area contributed by atoms with E-state index in [0.29, 0.717) is 19.6 Å². The minimum absolute atomic E-state index is 0.0691. The van der Waals surface area contributed by atoms with Crippen LogP contribution in [0.2, 0.25) is 0 Å². The molecule has 0 unspecified atom stereocenters. The van der Waals surface area contributed by atoms with Gasteiger partial charge >= 0.3 is 0 Å². The van der Waals surface area contributed by atoms with Crippen molar-refractivity contribution < 1.29 is 4.79 Å². The maximum atomic E-state index is 12.8. The van der Waals surface area contributed by atoms with Gasteiger partial charge < -0.3 is 9.88 Å². The average molecular weight is 389 g/mol. The summed E-state index contributed by atoms with van der Waals surface area (Å²) in [6.45, 7) is 9.67. The van der Waals surface area contributed by atoms with Crippen LogP contribution in [-0.2, 0) is 6.54 Å². The summed E-state index contributed by atoms with van der Waals surface area (Å²) in [5, 5.41) is 0.771. The lowest BCUT2D eigenvalue weighted by Gasteiger charge is -2.35. The number of piperazine rings is 1. The number of hydrogen-bond donors (Lipinski definition) is 1. The van der Waals surface area contributed by atoms with Gasteiger partial charge in [0.15, 0.2) is 5.43 Å². The van der Waals surface area contributed by atoms with Crippen molar-refractivity contribution in [1.82, 2.24) is 14.8 Å². The summed E-state index contributed by atoms with van der Waals surface area (Å²) in [5.41, 5.74) is 5.84. The lowest BCUT2D eigenvalue weighted by Crippen LogP contribution is -2.48. The van der Waals surface area contributed by atoms with Crippen molar-refractivity contribution in [3.63, 3.8) is 0 Å². The minimum atomic E-state index is 0.0691. The molecule has 2 aromatic carbocycles. The first kappa shape index (κ1) is 19.4. The Balaban J connectivity index is 1.45. The van der Waals surface area contributed by atoms with Crippen molar-refractivity contribution in [2.45, 2.75) is 27.3 Å². The third-order valence-corrected chi connectivity index (χ3v) is 5.76. The summed E-state index contributed by atoms with van der Waals surface area (Å²) in [4.78, 5) is 33.1. The molecule has 1 fully saturated rings. The van der Waals surface area contributed by atoms with Crippen molar-refractivity contribution >= 4 is 16.8 Å². The van der Waals surface area contributed by atoms with Crippen LogP contribution in [0.5, 0.6) is 0 Å². The quantitative estimate of drug-likeness (QED) is 0.747. The normalized spacial score (nSPS) is 15.1. The maximum absolute atomic E-state index is 12.8. The van der Waals surface area contributed by atoms with Gasteiger partial charge in [0.2, 0.25) is 0 Å². The average Bonchev–Trinajstić information content (AvgIpc) is 2.67. The third-order valence-electron chi connectivity index (χ3n) is 5.76. The molecule has 0 bridgehead atoms. The number of aromatic amines is 1. The number of nitrogens with zero attached hydrogens (tertiary/aromatic N) is 2. The molecule has 5 heteroatoms. The molecule has 3 aromatic rings. The molecule has 4 rings (SSSR count). The number of fused-ring (bicyclic) bond motifs is 1. The van der Waals surface area contributed by atoms with Crippen molar-refractivity contribution in [2.75, 3.05) is 26.2 Å². The number of aryl methyl sites for hydroxylation is 3.